The van der Waals surface area contributed by atoms with Gasteiger partial charge in [-0.1, -0.05) is 0 Å². The van der Waals surface area contributed by atoms with Crippen LogP contribution >= 0.6 is 0 Å². The molecule has 0 bridgehead atoms. The van der Waals surface area contributed by atoms with Gasteiger partial charge in [0.05, 0.1) is 6.10 Å². The Labute approximate surface area is 103 Å². The van der Waals surface area contributed by atoms with Gasteiger partial charge in [-0.25, -0.2) is 13.8 Å². The number of nitrogens with zero attached hydrogens (tertiary/aromatic N) is 1. The maximum atomic E-state index is 12.4. The second-order valence-electron chi connectivity index (χ2n) is 4.07. The molecular weight excluding hydrogens is 240 g/mol. The first-order chi connectivity index (χ1) is 8.56. The number of aromatic nitrogens is 1. The van der Waals surface area contributed by atoms with Crippen molar-refractivity contribution in [1.82, 2.24) is 4.98 Å². The molecule has 96 valence electrons. The van der Waals surface area contributed by atoms with Gasteiger partial charge in [0.25, 0.3) is 6.43 Å². The van der Waals surface area contributed by atoms with Gasteiger partial charge in [0.2, 0.25) is 5.89 Å². The lowest BCUT2D eigenvalue weighted by molar-refractivity contribution is 0.146. The fraction of sp³-hybridized carbons (Fsp3) is 0.308. The van der Waals surface area contributed by atoms with Crippen molar-refractivity contribution in [3.63, 3.8) is 0 Å². The van der Waals surface area contributed by atoms with E-state index in [1.807, 2.05) is 13.8 Å². The molecule has 0 saturated heterocycles. The van der Waals surface area contributed by atoms with Crippen molar-refractivity contribution in [2.45, 2.75) is 26.4 Å². The third-order valence-electron chi connectivity index (χ3n) is 2.22. The van der Waals surface area contributed by atoms with E-state index in [9.17, 15) is 8.78 Å². The molecule has 0 fully saturated rings. The average molecular weight is 253 g/mol. The maximum Gasteiger partial charge on any atom is 0.283 e. The molecule has 2 rings (SSSR count). The van der Waals surface area contributed by atoms with E-state index in [1.54, 1.807) is 24.3 Å². The first kappa shape index (κ1) is 12.5. The van der Waals surface area contributed by atoms with E-state index in [2.05, 4.69) is 4.98 Å². The van der Waals surface area contributed by atoms with Crippen LogP contribution in [-0.4, -0.2) is 11.1 Å². The molecule has 2 aromatic rings. The summed E-state index contributed by atoms with van der Waals surface area (Å²) in [5.74, 6) is 0.899. The molecule has 0 spiro atoms. The molecule has 0 aliphatic heterocycles. The van der Waals surface area contributed by atoms with Gasteiger partial charge in [0.15, 0.2) is 0 Å². The van der Waals surface area contributed by atoms with Crippen molar-refractivity contribution in [3.8, 4) is 17.2 Å². The molecule has 0 atom stereocenters. The van der Waals surface area contributed by atoms with Crippen LogP contribution in [0.25, 0.3) is 11.5 Å². The van der Waals surface area contributed by atoms with Gasteiger partial charge < -0.3 is 9.15 Å². The van der Waals surface area contributed by atoms with E-state index >= 15 is 0 Å². The van der Waals surface area contributed by atoms with Gasteiger partial charge in [-0.15, -0.1) is 0 Å². The predicted octanol–water partition coefficient (Wildman–Crippen LogP) is 4.07. The monoisotopic (exact) mass is 253 g/mol. The van der Waals surface area contributed by atoms with Gasteiger partial charge in [-0.3, -0.25) is 0 Å². The number of benzene rings is 1. The number of halogens is 2. The van der Waals surface area contributed by atoms with Crippen LogP contribution in [-0.2, 0) is 0 Å². The van der Waals surface area contributed by atoms with Crippen molar-refractivity contribution in [3.05, 3.63) is 36.2 Å². The van der Waals surface area contributed by atoms with Crippen LogP contribution < -0.4 is 4.74 Å². The van der Waals surface area contributed by atoms with E-state index in [0.29, 0.717) is 5.56 Å². The quantitative estimate of drug-likeness (QED) is 0.824. The van der Waals surface area contributed by atoms with E-state index in [1.165, 1.54) is 0 Å². The van der Waals surface area contributed by atoms with Gasteiger partial charge in [-0.2, -0.15) is 0 Å². The Bertz CT molecular complexity index is 506. The van der Waals surface area contributed by atoms with Gasteiger partial charge in [0, 0.05) is 5.56 Å². The number of alkyl halides is 2. The zero-order valence-corrected chi connectivity index (χ0v) is 10.1. The van der Waals surface area contributed by atoms with Crippen molar-refractivity contribution in [2.24, 2.45) is 0 Å². The Morgan fingerprint density at radius 2 is 1.83 bits per heavy atom. The van der Waals surface area contributed by atoms with Crippen LogP contribution in [0.5, 0.6) is 5.75 Å². The minimum Gasteiger partial charge on any atom is -0.491 e. The lowest BCUT2D eigenvalue weighted by Crippen LogP contribution is -2.05. The highest BCUT2D eigenvalue weighted by Crippen LogP contribution is 2.25. The maximum absolute atomic E-state index is 12.4. The van der Waals surface area contributed by atoms with E-state index in [0.717, 1.165) is 12.0 Å². The average Bonchev–Trinajstić information content (AvgIpc) is 2.78. The smallest absolute Gasteiger partial charge is 0.283 e. The highest BCUT2D eigenvalue weighted by Gasteiger charge is 2.14. The third kappa shape index (κ3) is 2.85. The summed E-state index contributed by atoms with van der Waals surface area (Å²) in [4.78, 5) is 3.71. The first-order valence-electron chi connectivity index (χ1n) is 5.57. The van der Waals surface area contributed by atoms with Crippen molar-refractivity contribution < 1.29 is 17.9 Å². The molecule has 0 radical (unpaired) electrons. The minimum atomic E-state index is -2.62. The van der Waals surface area contributed by atoms with Gasteiger partial charge in [0.1, 0.15) is 17.7 Å². The molecule has 5 heteroatoms. The summed E-state index contributed by atoms with van der Waals surface area (Å²) in [6.45, 7) is 3.85. The lowest BCUT2D eigenvalue weighted by atomic mass is 10.2. The van der Waals surface area contributed by atoms with Crippen LogP contribution in [0.2, 0.25) is 0 Å². The SMILES string of the molecule is CC(C)Oc1ccc(-c2nc(C(F)F)co2)cc1. The summed E-state index contributed by atoms with van der Waals surface area (Å²) in [6.07, 6.45) is -1.56. The van der Waals surface area contributed by atoms with Crippen LogP contribution in [0.4, 0.5) is 8.78 Å². The Morgan fingerprint density at radius 3 is 2.33 bits per heavy atom. The molecule has 0 aliphatic carbocycles. The highest BCUT2D eigenvalue weighted by molar-refractivity contribution is 5.54. The standard InChI is InChI=1S/C13H13F2NO2/c1-8(2)18-10-5-3-9(4-6-10)13-16-11(7-17-13)12(14)15/h3-8,12H,1-2H3. The van der Waals surface area contributed by atoms with Crippen molar-refractivity contribution >= 4 is 0 Å². The van der Waals surface area contributed by atoms with E-state index in [4.69, 9.17) is 9.15 Å². The fourth-order valence-corrected chi connectivity index (χ4v) is 1.47. The zero-order chi connectivity index (χ0) is 13.1. The predicted molar refractivity (Wildman–Crippen MR) is 62.7 cm³/mol. The number of ether oxygens (including phenoxy) is 1. The largest absolute Gasteiger partial charge is 0.491 e. The van der Waals surface area contributed by atoms with Crippen LogP contribution in [0.15, 0.2) is 34.9 Å². The molecule has 0 amide bonds. The summed E-state index contributed by atoms with van der Waals surface area (Å²) in [6, 6.07) is 6.95. The number of hydrogen-bond donors (Lipinski definition) is 0. The van der Waals surface area contributed by atoms with Crippen molar-refractivity contribution in [1.29, 1.82) is 0 Å². The third-order valence-corrected chi connectivity index (χ3v) is 2.22. The number of hydrogen-bond acceptors (Lipinski definition) is 3. The zero-order valence-electron chi connectivity index (χ0n) is 10.1. The fourth-order valence-electron chi connectivity index (χ4n) is 1.47. The lowest BCUT2D eigenvalue weighted by Gasteiger charge is -2.09. The summed E-state index contributed by atoms with van der Waals surface area (Å²) >= 11 is 0. The van der Waals surface area contributed by atoms with E-state index < -0.39 is 6.43 Å². The Kier molecular flexibility index (Phi) is 3.60. The summed E-state index contributed by atoms with van der Waals surface area (Å²) in [7, 11) is 0. The molecule has 0 unspecified atom stereocenters. The number of oxazole rings is 1. The van der Waals surface area contributed by atoms with Crippen molar-refractivity contribution in [2.75, 3.05) is 0 Å². The molecule has 1 aromatic carbocycles. The minimum absolute atomic E-state index is 0.0861. The molecule has 3 nitrogen and oxygen atoms in total. The highest BCUT2D eigenvalue weighted by atomic mass is 19.3. The Balaban J connectivity index is 2.17. The molecule has 1 heterocycles. The van der Waals surface area contributed by atoms with E-state index in [-0.39, 0.29) is 17.7 Å². The van der Waals surface area contributed by atoms with Gasteiger partial charge >= 0.3 is 0 Å². The van der Waals surface area contributed by atoms with Crippen LogP contribution in [0.1, 0.15) is 26.0 Å². The summed E-state index contributed by atoms with van der Waals surface area (Å²) in [5.41, 5.74) is 0.283. The number of rotatable bonds is 4. The second kappa shape index (κ2) is 5.16. The molecule has 1 aromatic heterocycles. The molecular formula is C13H13F2NO2. The topological polar surface area (TPSA) is 35.3 Å². The normalized spacial score (nSPS) is 11.2. The Hall–Kier alpha value is -1.91. The molecule has 0 N–H and O–H groups in total. The van der Waals surface area contributed by atoms with Crippen LogP contribution in [0, 0.1) is 0 Å². The van der Waals surface area contributed by atoms with Gasteiger partial charge in [-0.05, 0) is 38.1 Å². The molecule has 0 aliphatic rings. The summed E-state index contributed by atoms with van der Waals surface area (Å²) < 4.78 is 35.2. The summed E-state index contributed by atoms with van der Waals surface area (Å²) in [5, 5.41) is 0. The Morgan fingerprint density at radius 1 is 1.17 bits per heavy atom. The first-order valence-corrected chi connectivity index (χ1v) is 5.57. The van der Waals surface area contributed by atoms with Crippen LogP contribution in [0.3, 0.4) is 0 Å². The molecule has 0 saturated carbocycles. The molecule has 18 heavy (non-hydrogen) atoms. The second-order valence-corrected chi connectivity index (χ2v) is 4.07.